The number of ether oxygens (including phenoxy) is 2. The predicted octanol–water partition coefficient (Wildman–Crippen LogP) is 8.51. The summed E-state index contributed by atoms with van der Waals surface area (Å²) < 4.78 is 11.7. The molecule has 3 aromatic carbocycles. The molecular weight excluding hydrogens is 564 g/mol. The van der Waals surface area contributed by atoms with E-state index in [1.54, 1.807) is 48.5 Å². The lowest BCUT2D eigenvalue weighted by Crippen LogP contribution is -2.27. The van der Waals surface area contributed by atoms with Crippen LogP contribution in [0.5, 0.6) is 11.5 Å². The zero-order valence-electron chi connectivity index (χ0n) is 18.9. The number of carbonyl (C=O) groups is 2. The van der Waals surface area contributed by atoms with Crippen LogP contribution in [0.2, 0.25) is 20.1 Å². The second kappa shape index (κ2) is 11.8. The van der Waals surface area contributed by atoms with Crippen molar-refractivity contribution in [3.8, 4) is 11.5 Å². The van der Waals surface area contributed by atoms with E-state index in [0.717, 1.165) is 22.2 Å². The lowest BCUT2D eigenvalue weighted by Gasteiger charge is -2.15. The Morgan fingerprint density at radius 2 is 1.58 bits per heavy atom. The number of nitrogens with zero attached hydrogens (tertiary/aromatic N) is 1. The number of benzene rings is 3. The third-order valence-electron chi connectivity index (χ3n) is 5.12. The maximum absolute atomic E-state index is 13.0. The van der Waals surface area contributed by atoms with Gasteiger partial charge >= 0.3 is 0 Å². The monoisotopic (exact) mass is 581 g/mol. The van der Waals surface area contributed by atoms with Crippen LogP contribution in [0.4, 0.5) is 4.79 Å². The zero-order valence-corrected chi connectivity index (χ0v) is 22.7. The Labute approximate surface area is 232 Å². The minimum absolute atomic E-state index is 0.0846. The van der Waals surface area contributed by atoms with E-state index in [-0.39, 0.29) is 23.3 Å². The lowest BCUT2D eigenvalue weighted by molar-refractivity contribution is -0.123. The van der Waals surface area contributed by atoms with E-state index in [1.165, 1.54) is 0 Å². The van der Waals surface area contributed by atoms with E-state index in [9.17, 15) is 9.59 Å². The molecule has 0 aromatic heterocycles. The molecule has 1 fully saturated rings. The SMILES string of the molecule is CCOc1cc(/C=C2/SC(=O)N(Cc3ccc(Cl)c(Cl)c3)C2=O)cc(Cl)c1OCc1ccc(Cl)cc1. The number of rotatable bonds is 8. The van der Waals surface area contributed by atoms with Gasteiger partial charge in [0.25, 0.3) is 11.1 Å². The van der Waals surface area contributed by atoms with Crippen LogP contribution in [-0.2, 0) is 17.9 Å². The summed E-state index contributed by atoms with van der Waals surface area (Å²) in [4.78, 5) is 27.0. The molecule has 186 valence electrons. The minimum atomic E-state index is -0.409. The highest BCUT2D eigenvalue weighted by molar-refractivity contribution is 8.18. The minimum Gasteiger partial charge on any atom is -0.490 e. The number of imide groups is 1. The van der Waals surface area contributed by atoms with E-state index in [1.807, 2.05) is 19.1 Å². The van der Waals surface area contributed by atoms with Gasteiger partial charge in [0, 0.05) is 5.02 Å². The van der Waals surface area contributed by atoms with Gasteiger partial charge in [-0.2, -0.15) is 0 Å². The Morgan fingerprint density at radius 3 is 2.28 bits per heavy atom. The molecule has 0 radical (unpaired) electrons. The van der Waals surface area contributed by atoms with Gasteiger partial charge in [0.1, 0.15) is 6.61 Å². The standard InChI is InChI=1S/C26H19Cl4NO4S/c1-2-34-22-11-17(10-21(30)24(22)35-14-15-3-6-18(27)7-4-15)12-23-25(32)31(26(33)36-23)13-16-5-8-19(28)20(29)9-16/h3-12H,2,13-14H2,1H3/b23-12+. The first-order chi connectivity index (χ1) is 17.2. The molecule has 1 aliphatic heterocycles. The highest BCUT2D eigenvalue weighted by Gasteiger charge is 2.35. The fourth-order valence-electron chi connectivity index (χ4n) is 3.42. The van der Waals surface area contributed by atoms with Crippen LogP contribution >= 0.6 is 58.2 Å². The summed E-state index contributed by atoms with van der Waals surface area (Å²) >= 11 is 25.3. The number of halogens is 4. The van der Waals surface area contributed by atoms with E-state index < -0.39 is 5.91 Å². The highest BCUT2D eigenvalue weighted by Crippen LogP contribution is 2.40. The molecule has 0 bridgehead atoms. The summed E-state index contributed by atoms with van der Waals surface area (Å²) in [6.45, 7) is 2.58. The van der Waals surface area contributed by atoms with Crippen LogP contribution in [0.1, 0.15) is 23.6 Å². The zero-order chi connectivity index (χ0) is 25.8. The predicted molar refractivity (Wildman–Crippen MR) is 146 cm³/mol. The van der Waals surface area contributed by atoms with E-state index in [4.69, 9.17) is 55.9 Å². The third kappa shape index (κ3) is 6.31. The van der Waals surface area contributed by atoms with Gasteiger partial charge in [0.2, 0.25) is 0 Å². The van der Waals surface area contributed by atoms with Crippen LogP contribution in [0.25, 0.3) is 6.08 Å². The van der Waals surface area contributed by atoms with E-state index in [0.29, 0.717) is 49.3 Å². The van der Waals surface area contributed by atoms with Gasteiger partial charge in [0.05, 0.1) is 33.1 Å². The van der Waals surface area contributed by atoms with Crippen LogP contribution in [0.3, 0.4) is 0 Å². The molecular formula is C26H19Cl4NO4S. The molecule has 1 saturated heterocycles. The lowest BCUT2D eigenvalue weighted by atomic mass is 10.1. The van der Waals surface area contributed by atoms with E-state index >= 15 is 0 Å². The van der Waals surface area contributed by atoms with Crippen molar-refractivity contribution in [2.24, 2.45) is 0 Å². The molecule has 0 atom stereocenters. The molecule has 0 spiro atoms. The summed E-state index contributed by atoms with van der Waals surface area (Å²) in [5, 5.41) is 1.33. The quantitative estimate of drug-likeness (QED) is 0.249. The van der Waals surface area contributed by atoms with Crippen molar-refractivity contribution in [2.75, 3.05) is 6.61 Å². The van der Waals surface area contributed by atoms with Crippen molar-refractivity contribution in [3.63, 3.8) is 0 Å². The Morgan fingerprint density at radius 1 is 0.861 bits per heavy atom. The highest BCUT2D eigenvalue weighted by atomic mass is 35.5. The maximum Gasteiger partial charge on any atom is 0.293 e. The molecule has 1 heterocycles. The smallest absolute Gasteiger partial charge is 0.293 e. The Bertz CT molecular complexity index is 1340. The first-order valence-electron chi connectivity index (χ1n) is 10.8. The van der Waals surface area contributed by atoms with Gasteiger partial charge in [0.15, 0.2) is 11.5 Å². The number of amides is 2. The number of hydrogen-bond donors (Lipinski definition) is 0. The van der Waals surface area contributed by atoms with Gasteiger partial charge in [-0.05, 0) is 77.9 Å². The topological polar surface area (TPSA) is 55.8 Å². The molecule has 4 rings (SSSR count). The summed E-state index contributed by atoms with van der Waals surface area (Å²) in [6, 6.07) is 15.6. The van der Waals surface area contributed by atoms with Gasteiger partial charge in [-0.25, -0.2) is 0 Å². The summed E-state index contributed by atoms with van der Waals surface area (Å²) in [7, 11) is 0. The summed E-state index contributed by atoms with van der Waals surface area (Å²) in [5.41, 5.74) is 2.21. The van der Waals surface area contributed by atoms with Crippen molar-refractivity contribution >= 4 is 75.4 Å². The van der Waals surface area contributed by atoms with Crippen molar-refractivity contribution in [2.45, 2.75) is 20.1 Å². The average Bonchev–Trinajstić information content (AvgIpc) is 3.09. The fraction of sp³-hybridized carbons (Fsp3) is 0.154. The normalized spacial score (nSPS) is 14.6. The first kappa shape index (κ1) is 26.7. The third-order valence-corrected chi connectivity index (χ3v) is 7.30. The van der Waals surface area contributed by atoms with Crippen LogP contribution < -0.4 is 9.47 Å². The van der Waals surface area contributed by atoms with Gasteiger partial charge < -0.3 is 9.47 Å². The van der Waals surface area contributed by atoms with Gasteiger partial charge in [-0.1, -0.05) is 64.6 Å². The van der Waals surface area contributed by atoms with Crippen molar-refractivity contribution in [1.29, 1.82) is 0 Å². The van der Waals surface area contributed by atoms with Gasteiger partial charge in [-0.15, -0.1) is 0 Å². The van der Waals surface area contributed by atoms with Gasteiger partial charge in [-0.3, -0.25) is 14.5 Å². The molecule has 0 saturated carbocycles. The molecule has 5 nitrogen and oxygen atoms in total. The maximum atomic E-state index is 13.0. The van der Waals surface area contributed by atoms with Crippen molar-refractivity contribution in [3.05, 3.63) is 96.3 Å². The Hall–Kier alpha value is -2.35. The second-order valence-corrected chi connectivity index (χ2v) is 10.3. The summed E-state index contributed by atoms with van der Waals surface area (Å²) in [5.74, 6) is 0.409. The Kier molecular flexibility index (Phi) is 8.75. The number of carbonyl (C=O) groups excluding carboxylic acids is 2. The molecule has 36 heavy (non-hydrogen) atoms. The largest absolute Gasteiger partial charge is 0.490 e. The molecule has 1 aliphatic rings. The first-order valence-corrected chi connectivity index (χ1v) is 13.1. The molecule has 2 amide bonds. The summed E-state index contributed by atoms with van der Waals surface area (Å²) in [6.07, 6.45) is 1.61. The second-order valence-electron chi connectivity index (χ2n) is 7.69. The Balaban J connectivity index is 1.54. The molecule has 3 aromatic rings. The van der Waals surface area contributed by atoms with Crippen LogP contribution in [0.15, 0.2) is 59.5 Å². The van der Waals surface area contributed by atoms with Crippen LogP contribution in [-0.4, -0.2) is 22.7 Å². The molecule has 10 heteroatoms. The fourth-order valence-corrected chi connectivity index (χ4v) is 4.98. The molecule has 0 N–H and O–H groups in total. The molecule has 0 unspecified atom stereocenters. The number of thioether (sulfide) groups is 1. The van der Waals surface area contributed by atoms with Crippen LogP contribution in [0, 0.1) is 0 Å². The molecule has 0 aliphatic carbocycles. The van der Waals surface area contributed by atoms with E-state index in [2.05, 4.69) is 0 Å². The van der Waals surface area contributed by atoms with Crippen molar-refractivity contribution in [1.82, 2.24) is 4.90 Å². The van der Waals surface area contributed by atoms with Crippen molar-refractivity contribution < 1.29 is 19.1 Å². The number of hydrogen-bond acceptors (Lipinski definition) is 5. The average molecular weight is 583 g/mol.